The van der Waals surface area contributed by atoms with E-state index in [0.29, 0.717) is 17.5 Å². The topological polar surface area (TPSA) is 52.8 Å². The van der Waals surface area contributed by atoms with Crippen molar-refractivity contribution >= 4 is 28.8 Å². The quantitative estimate of drug-likeness (QED) is 0.146. The van der Waals surface area contributed by atoms with Gasteiger partial charge in [-0.05, 0) is 73.2 Å². The van der Waals surface area contributed by atoms with Crippen molar-refractivity contribution in [1.29, 1.82) is 0 Å². The van der Waals surface area contributed by atoms with Crippen LogP contribution in [0.4, 0.5) is 0 Å². The molecular formula is C52H40N4O. The van der Waals surface area contributed by atoms with Gasteiger partial charge in [0, 0.05) is 38.9 Å². The first kappa shape index (κ1) is 34.4. The van der Waals surface area contributed by atoms with Crippen molar-refractivity contribution in [3.05, 3.63) is 198 Å². The molecule has 3 heterocycles. The van der Waals surface area contributed by atoms with E-state index in [2.05, 4.69) is 150 Å². The highest BCUT2D eigenvalue weighted by Gasteiger charge is 2.35. The summed E-state index contributed by atoms with van der Waals surface area (Å²) in [5.74, 6) is 3.82. The van der Waals surface area contributed by atoms with Gasteiger partial charge in [-0.2, -0.15) is 0 Å². The van der Waals surface area contributed by atoms with E-state index in [4.69, 9.17) is 19.7 Å². The maximum atomic E-state index is 6.92. The number of hydrogen-bond donors (Lipinski definition) is 0. The van der Waals surface area contributed by atoms with E-state index in [1.807, 2.05) is 43.4 Å². The normalized spacial score (nSPS) is 15.8. The Kier molecular flexibility index (Phi) is 8.96. The summed E-state index contributed by atoms with van der Waals surface area (Å²) in [6, 6.07) is 42.3. The molecular weight excluding hydrogens is 697 g/mol. The van der Waals surface area contributed by atoms with Crippen LogP contribution >= 0.6 is 0 Å². The second-order valence-electron chi connectivity index (χ2n) is 14.6. The monoisotopic (exact) mass is 736 g/mol. The highest BCUT2D eigenvalue weighted by Crippen LogP contribution is 2.49. The van der Waals surface area contributed by atoms with Gasteiger partial charge in [0.05, 0.1) is 17.1 Å². The lowest BCUT2D eigenvalue weighted by Gasteiger charge is -2.21. The Morgan fingerprint density at radius 1 is 0.632 bits per heavy atom. The van der Waals surface area contributed by atoms with Crippen LogP contribution in [0.2, 0.25) is 0 Å². The van der Waals surface area contributed by atoms with Gasteiger partial charge in [0.15, 0.2) is 17.5 Å². The van der Waals surface area contributed by atoms with Crippen LogP contribution in [0.25, 0.3) is 74.0 Å². The fourth-order valence-electron chi connectivity index (χ4n) is 8.29. The van der Waals surface area contributed by atoms with Crippen molar-refractivity contribution in [2.75, 3.05) is 0 Å². The first-order valence-electron chi connectivity index (χ1n) is 19.7. The first-order valence-corrected chi connectivity index (χ1v) is 19.7. The lowest BCUT2D eigenvalue weighted by molar-refractivity contribution is 0.425. The zero-order valence-corrected chi connectivity index (χ0v) is 31.7. The average Bonchev–Trinajstić information content (AvgIpc) is 3.82. The third-order valence-electron chi connectivity index (χ3n) is 11.0. The van der Waals surface area contributed by atoms with Gasteiger partial charge >= 0.3 is 0 Å². The second-order valence-corrected chi connectivity index (χ2v) is 14.6. The minimum Gasteiger partial charge on any atom is -0.459 e. The van der Waals surface area contributed by atoms with Crippen LogP contribution in [0, 0.1) is 0 Å². The van der Waals surface area contributed by atoms with Gasteiger partial charge < -0.3 is 9.30 Å². The Labute approximate surface area is 333 Å². The molecule has 1 atom stereocenters. The van der Waals surface area contributed by atoms with Crippen LogP contribution in [0.15, 0.2) is 176 Å². The lowest BCUT2D eigenvalue weighted by atomic mass is 9.90. The number of rotatable bonds is 8. The van der Waals surface area contributed by atoms with E-state index in [-0.39, 0.29) is 5.92 Å². The van der Waals surface area contributed by atoms with Gasteiger partial charge in [0.25, 0.3) is 0 Å². The van der Waals surface area contributed by atoms with Crippen molar-refractivity contribution in [2.45, 2.75) is 32.1 Å². The summed E-state index contributed by atoms with van der Waals surface area (Å²) < 4.78 is 9.36. The maximum absolute atomic E-state index is 6.92. The second kappa shape index (κ2) is 14.9. The molecule has 0 N–H and O–H groups in total. The molecule has 5 heteroatoms. The van der Waals surface area contributed by atoms with E-state index in [1.54, 1.807) is 0 Å². The summed E-state index contributed by atoms with van der Waals surface area (Å²) in [5, 5.41) is 1.28. The Balaban J connectivity index is 1.07. The van der Waals surface area contributed by atoms with E-state index in [9.17, 15) is 0 Å². The molecule has 0 saturated carbocycles. The fraction of sp³-hybridized carbons (Fsp3) is 0.0962. The molecule has 0 bridgehead atoms. The lowest BCUT2D eigenvalue weighted by Crippen LogP contribution is -2.12. The van der Waals surface area contributed by atoms with Crippen LogP contribution in [0.5, 0.6) is 5.75 Å². The third kappa shape index (κ3) is 6.47. The molecule has 5 nitrogen and oxygen atoms in total. The smallest absolute Gasteiger partial charge is 0.164 e. The van der Waals surface area contributed by atoms with E-state index in [1.165, 1.54) is 27.7 Å². The largest absolute Gasteiger partial charge is 0.459 e. The van der Waals surface area contributed by atoms with Gasteiger partial charge in [-0.1, -0.05) is 152 Å². The molecule has 10 rings (SSSR count). The van der Waals surface area contributed by atoms with E-state index in [0.717, 1.165) is 69.8 Å². The van der Waals surface area contributed by atoms with Crippen molar-refractivity contribution in [3.8, 4) is 51.0 Å². The summed E-state index contributed by atoms with van der Waals surface area (Å²) in [5.41, 5.74) is 12.2. The van der Waals surface area contributed by atoms with E-state index >= 15 is 0 Å². The average molecular weight is 737 g/mol. The van der Waals surface area contributed by atoms with Crippen molar-refractivity contribution in [3.63, 3.8) is 0 Å². The molecule has 1 aliphatic heterocycles. The molecule has 7 aromatic rings. The van der Waals surface area contributed by atoms with Crippen LogP contribution in [0.3, 0.4) is 0 Å². The molecule has 57 heavy (non-hydrogen) atoms. The SMILES string of the molecule is C\C=C/C=C\C=C\c1cccc(-c2nc(-c3cccc(-c4ccccc4)c3)nc(-c3ccc4c(c3)OC3=C(n5c6c(c7ccccc75)C=CCC6)C=CCC34)n2)c1. The van der Waals surface area contributed by atoms with Gasteiger partial charge in [0.2, 0.25) is 0 Å². The Hall–Kier alpha value is -7.11. The summed E-state index contributed by atoms with van der Waals surface area (Å²) in [6.45, 7) is 2.01. The molecule has 0 spiro atoms. The Bertz CT molecular complexity index is 2870. The highest BCUT2D eigenvalue weighted by atomic mass is 16.5. The standard InChI is InChI=1S/C52H40N4O/c1-2-3-4-5-7-17-35-18-14-22-38(32-35)50-53-51(39-23-15-21-37(33-39)36-19-8-6-9-20-36)55-52(54-50)40-30-31-43-44-26-16-29-47(49(44)57-48(43)34-40)56-45-27-12-10-24-41(45)42-25-11-13-28-46(42)56/h2-12,14-25,27,29-34,44H,13,26,28H2,1H3/b3-2-,5-4-,17-7+. The fourth-order valence-corrected chi connectivity index (χ4v) is 8.29. The van der Waals surface area contributed by atoms with Gasteiger partial charge in [-0.3, -0.25) is 0 Å². The summed E-state index contributed by atoms with van der Waals surface area (Å²) in [6.07, 6.45) is 24.2. The molecule has 2 aliphatic carbocycles. The van der Waals surface area contributed by atoms with Crippen LogP contribution < -0.4 is 4.74 Å². The zero-order valence-electron chi connectivity index (χ0n) is 31.7. The predicted octanol–water partition coefficient (Wildman–Crippen LogP) is 12.9. The number of hydrogen-bond acceptors (Lipinski definition) is 4. The minimum absolute atomic E-state index is 0.138. The Morgan fingerprint density at radius 2 is 1.35 bits per heavy atom. The van der Waals surface area contributed by atoms with Crippen molar-refractivity contribution in [2.24, 2.45) is 0 Å². The number of fused-ring (bicyclic) bond motifs is 6. The molecule has 1 unspecified atom stereocenters. The molecule has 5 aromatic carbocycles. The van der Waals surface area contributed by atoms with Gasteiger partial charge in [-0.25, -0.2) is 15.0 Å². The van der Waals surface area contributed by atoms with Gasteiger partial charge in [0.1, 0.15) is 11.5 Å². The first-order chi connectivity index (χ1) is 28.2. The summed E-state index contributed by atoms with van der Waals surface area (Å²) in [7, 11) is 0. The molecule has 0 radical (unpaired) electrons. The summed E-state index contributed by atoms with van der Waals surface area (Å²) >= 11 is 0. The molecule has 0 amide bonds. The zero-order chi connectivity index (χ0) is 38.1. The third-order valence-corrected chi connectivity index (χ3v) is 11.0. The molecule has 3 aliphatic rings. The number of nitrogens with zero attached hydrogens (tertiary/aromatic N) is 4. The molecule has 0 saturated heterocycles. The molecule has 2 aromatic heterocycles. The summed E-state index contributed by atoms with van der Waals surface area (Å²) in [4.78, 5) is 15.4. The minimum atomic E-state index is 0.138. The van der Waals surface area contributed by atoms with E-state index < -0.39 is 0 Å². The number of aromatic nitrogens is 4. The number of para-hydroxylation sites is 1. The maximum Gasteiger partial charge on any atom is 0.164 e. The van der Waals surface area contributed by atoms with Crippen LogP contribution in [-0.2, 0) is 6.42 Å². The predicted molar refractivity (Wildman–Crippen MR) is 234 cm³/mol. The van der Waals surface area contributed by atoms with Crippen molar-refractivity contribution in [1.82, 2.24) is 19.5 Å². The van der Waals surface area contributed by atoms with Crippen LogP contribution in [-0.4, -0.2) is 19.5 Å². The Morgan fingerprint density at radius 3 is 2.19 bits per heavy atom. The van der Waals surface area contributed by atoms with Crippen LogP contribution in [0.1, 0.15) is 48.1 Å². The number of benzene rings is 5. The van der Waals surface area contributed by atoms with Gasteiger partial charge in [-0.15, -0.1) is 0 Å². The number of ether oxygens (including phenoxy) is 1. The van der Waals surface area contributed by atoms with Crippen molar-refractivity contribution < 1.29 is 4.74 Å². The number of allylic oxidation sites excluding steroid dienone is 10. The molecule has 0 fully saturated rings. The molecule has 274 valence electrons. The highest BCUT2D eigenvalue weighted by molar-refractivity contribution is 5.95.